The predicted octanol–water partition coefficient (Wildman–Crippen LogP) is 3.87. The van der Waals surface area contributed by atoms with E-state index in [1.54, 1.807) is 24.3 Å². The molecule has 0 saturated carbocycles. The number of rotatable bonds is 4. The van der Waals surface area contributed by atoms with E-state index in [1.165, 1.54) is 23.9 Å². The van der Waals surface area contributed by atoms with Gasteiger partial charge in [0.15, 0.2) is 0 Å². The first-order valence-electron chi connectivity index (χ1n) is 8.90. The van der Waals surface area contributed by atoms with E-state index >= 15 is 0 Å². The molecule has 1 aliphatic rings. The van der Waals surface area contributed by atoms with Crippen molar-refractivity contribution >= 4 is 5.91 Å². The maximum absolute atomic E-state index is 13.3. The summed E-state index contributed by atoms with van der Waals surface area (Å²) in [5.74, 6) is 0.681. The van der Waals surface area contributed by atoms with Gasteiger partial charge in [0.25, 0.3) is 5.91 Å². The van der Waals surface area contributed by atoms with E-state index < -0.39 is 0 Å². The van der Waals surface area contributed by atoms with Gasteiger partial charge >= 0.3 is 0 Å². The van der Waals surface area contributed by atoms with Crippen LogP contribution in [-0.2, 0) is 6.42 Å². The monoisotopic (exact) mass is 362 g/mol. The third kappa shape index (κ3) is 3.97. The molecule has 2 aromatic carbocycles. The normalized spacial score (nSPS) is 15.5. The third-order valence-electron chi connectivity index (χ3n) is 4.65. The number of nitrogens with zero attached hydrogens (tertiary/aromatic N) is 1. The first-order chi connectivity index (χ1) is 13.2. The molecule has 0 bridgehead atoms. The van der Waals surface area contributed by atoms with Crippen LogP contribution in [0.1, 0.15) is 15.9 Å². The van der Waals surface area contributed by atoms with Crippen molar-refractivity contribution in [3.05, 3.63) is 83.8 Å². The minimum absolute atomic E-state index is 0.174. The number of para-hydroxylation sites is 1. The molecule has 1 amide bonds. The molecule has 2 heterocycles. The predicted molar refractivity (Wildman–Crippen MR) is 101 cm³/mol. The third-order valence-corrected chi connectivity index (χ3v) is 4.65. The number of pyridine rings is 1. The molecule has 1 N–H and O–H groups in total. The number of fused-ring (bicyclic) bond motifs is 1. The highest BCUT2D eigenvalue weighted by molar-refractivity contribution is 5.94. The molecule has 0 spiro atoms. The molecule has 4 nitrogen and oxygen atoms in total. The first kappa shape index (κ1) is 17.2. The largest absolute Gasteiger partial charge is 0.493 e. The minimum atomic E-state index is -0.313. The van der Waals surface area contributed by atoms with Crippen LogP contribution in [0.15, 0.2) is 66.9 Å². The maximum atomic E-state index is 13.3. The molecule has 4 rings (SSSR count). The zero-order valence-electron chi connectivity index (χ0n) is 14.7. The Hall–Kier alpha value is -3.21. The van der Waals surface area contributed by atoms with Gasteiger partial charge in [-0.15, -0.1) is 0 Å². The highest BCUT2D eigenvalue weighted by Crippen LogP contribution is 2.26. The van der Waals surface area contributed by atoms with Gasteiger partial charge in [-0.25, -0.2) is 4.39 Å². The fourth-order valence-corrected chi connectivity index (χ4v) is 3.21. The highest BCUT2D eigenvalue weighted by atomic mass is 19.1. The molecule has 0 saturated heterocycles. The number of aromatic nitrogens is 1. The fraction of sp³-hybridized carbons (Fsp3) is 0.182. The highest BCUT2D eigenvalue weighted by Gasteiger charge is 2.20. The lowest BCUT2D eigenvalue weighted by molar-refractivity contribution is 0.0938. The molecule has 1 aliphatic heterocycles. The number of benzene rings is 2. The van der Waals surface area contributed by atoms with Crippen LogP contribution in [0.2, 0.25) is 0 Å². The van der Waals surface area contributed by atoms with E-state index in [0.29, 0.717) is 30.0 Å². The van der Waals surface area contributed by atoms with Gasteiger partial charge in [-0.1, -0.05) is 30.3 Å². The summed E-state index contributed by atoms with van der Waals surface area (Å²) in [5, 5.41) is 2.95. The van der Waals surface area contributed by atoms with Gasteiger partial charge < -0.3 is 10.1 Å². The van der Waals surface area contributed by atoms with Crippen molar-refractivity contribution in [2.24, 2.45) is 5.92 Å². The Balaban J connectivity index is 1.36. The van der Waals surface area contributed by atoms with Crippen molar-refractivity contribution in [2.75, 3.05) is 13.2 Å². The lowest BCUT2D eigenvalue weighted by atomic mass is 9.96. The lowest BCUT2D eigenvalue weighted by Crippen LogP contribution is -2.34. The van der Waals surface area contributed by atoms with Crippen LogP contribution >= 0.6 is 0 Å². The van der Waals surface area contributed by atoms with Crippen LogP contribution < -0.4 is 10.1 Å². The number of halogens is 1. The van der Waals surface area contributed by atoms with Gasteiger partial charge in [-0.05, 0) is 42.3 Å². The molecular formula is C22H19FN2O2. The van der Waals surface area contributed by atoms with Crippen molar-refractivity contribution in [1.82, 2.24) is 10.3 Å². The fourth-order valence-electron chi connectivity index (χ4n) is 3.21. The first-order valence-corrected chi connectivity index (χ1v) is 8.90. The molecule has 27 heavy (non-hydrogen) atoms. The summed E-state index contributed by atoms with van der Waals surface area (Å²) in [4.78, 5) is 16.7. The quantitative estimate of drug-likeness (QED) is 0.767. The van der Waals surface area contributed by atoms with Crippen molar-refractivity contribution < 1.29 is 13.9 Å². The summed E-state index contributed by atoms with van der Waals surface area (Å²) in [5.41, 5.74) is 2.96. The van der Waals surface area contributed by atoms with E-state index in [0.717, 1.165) is 12.2 Å². The number of hydrogen-bond donors (Lipinski definition) is 1. The Kier molecular flexibility index (Phi) is 4.83. The number of nitrogens with one attached hydrogen (secondary N) is 1. The number of carbonyl (C=O) groups is 1. The topological polar surface area (TPSA) is 51.2 Å². The molecular weight excluding hydrogens is 343 g/mol. The maximum Gasteiger partial charge on any atom is 0.252 e. The second-order valence-electron chi connectivity index (χ2n) is 6.64. The number of ether oxygens (including phenoxy) is 1. The zero-order chi connectivity index (χ0) is 18.6. The van der Waals surface area contributed by atoms with Crippen LogP contribution in [0.5, 0.6) is 5.75 Å². The summed E-state index contributed by atoms with van der Waals surface area (Å²) in [6.07, 6.45) is 2.40. The van der Waals surface area contributed by atoms with Crippen LogP contribution in [0.4, 0.5) is 4.39 Å². The molecule has 0 aliphatic carbocycles. The van der Waals surface area contributed by atoms with Crippen molar-refractivity contribution in [2.45, 2.75) is 6.42 Å². The summed E-state index contributed by atoms with van der Waals surface area (Å²) in [7, 11) is 0. The Bertz CT molecular complexity index is 957. The van der Waals surface area contributed by atoms with Crippen LogP contribution in [0.3, 0.4) is 0 Å². The number of carbonyl (C=O) groups excluding carboxylic acids is 1. The van der Waals surface area contributed by atoms with E-state index in [2.05, 4.69) is 16.4 Å². The molecule has 5 heteroatoms. The van der Waals surface area contributed by atoms with Gasteiger partial charge in [0.1, 0.15) is 11.6 Å². The van der Waals surface area contributed by atoms with Gasteiger partial charge in [0.05, 0.1) is 17.9 Å². The number of amides is 1. The average molecular weight is 362 g/mol. The Labute approximate surface area is 157 Å². The molecule has 136 valence electrons. The van der Waals surface area contributed by atoms with Gasteiger partial charge in [0.2, 0.25) is 0 Å². The van der Waals surface area contributed by atoms with E-state index in [-0.39, 0.29) is 17.6 Å². The van der Waals surface area contributed by atoms with Crippen molar-refractivity contribution in [3.8, 4) is 17.0 Å². The smallest absolute Gasteiger partial charge is 0.252 e. The van der Waals surface area contributed by atoms with Gasteiger partial charge in [-0.2, -0.15) is 0 Å². The Morgan fingerprint density at radius 2 is 2.04 bits per heavy atom. The second-order valence-corrected chi connectivity index (χ2v) is 6.64. The van der Waals surface area contributed by atoms with E-state index in [4.69, 9.17) is 4.74 Å². The molecule has 3 aromatic rings. The standard InChI is InChI=1S/C22H19FN2O2/c23-19-6-3-5-16(11-19)20-9-8-18(13-24-20)22(26)25-12-15-10-17-4-1-2-7-21(17)27-14-15/h1-9,11,13,15H,10,12,14H2,(H,25,26). The van der Waals surface area contributed by atoms with E-state index in [1.807, 2.05) is 18.2 Å². The second kappa shape index (κ2) is 7.58. The van der Waals surface area contributed by atoms with Crippen LogP contribution in [0, 0.1) is 11.7 Å². The van der Waals surface area contributed by atoms with Crippen LogP contribution in [0.25, 0.3) is 11.3 Å². The summed E-state index contributed by atoms with van der Waals surface area (Å²) < 4.78 is 19.1. The summed E-state index contributed by atoms with van der Waals surface area (Å²) in [6.45, 7) is 1.13. The SMILES string of the molecule is O=C(NCC1COc2ccccc2C1)c1ccc(-c2cccc(F)c2)nc1. The van der Waals surface area contributed by atoms with Gasteiger partial charge in [-0.3, -0.25) is 9.78 Å². The minimum Gasteiger partial charge on any atom is -0.493 e. The Morgan fingerprint density at radius 1 is 1.15 bits per heavy atom. The van der Waals surface area contributed by atoms with Crippen molar-refractivity contribution in [3.63, 3.8) is 0 Å². The van der Waals surface area contributed by atoms with Crippen molar-refractivity contribution in [1.29, 1.82) is 0 Å². The summed E-state index contributed by atoms with van der Waals surface area (Å²) in [6, 6.07) is 17.6. The molecule has 1 atom stereocenters. The van der Waals surface area contributed by atoms with E-state index in [9.17, 15) is 9.18 Å². The number of hydrogen-bond acceptors (Lipinski definition) is 3. The lowest BCUT2D eigenvalue weighted by Gasteiger charge is -2.25. The molecule has 1 aromatic heterocycles. The molecule has 1 unspecified atom stereocenters. The zero-order valence-corrected chi connectivity index (χ0v) is 14.7. The molecule has 0 fully saturated rings. The molecule has 0 radical (unpaired) electrons. The summed E-state index contributed by atoms with van der Waals surface area (Å²) >= 11 is 0. The van der Waals surface area contributed by atoms with Gasteiger partial charge in [0, 0.05) is 24.2 Å². The average Bonchev–Trinajstić information content (AvgIpc) is 2.72. The Morgan fingerprint density at radius 3 is 2.85 bits per heavy atom. The van der Waals surface area contributed by atoms with Crippen LogP contribution in [-0.4, -0.2) is 24.0 Å².